The van der Waals surface area contributed by atoms with Crippen molar-refractivity contribution in [3.8, 4) is 0 Å². The Morgan fingerprint density at radius 3 is 3.00 bits per heavy atom. The number of nitrogens with two attached hydrogens (primary N) is 1. The van der Waals surface area contributed by atoms with Gasteiger partial charge in [0.1, 0.15) is 0 Å². The largest absolute Gasteiger partial charge is 0.379 e. The number of fused-ring (bicyclic) bond motifs is 1. The van der Waals surface area contributed by atoms with E-state index in [9.17, 15) is 4.79 Å². The van der Waals surface area contributed by atoms with Crippen molar-refractivity contribution in [1.82, 2.24) is 0 Å². The molecular weight excluding hydrogens is 240 g/mol. The zero-order chi connectivity index (χ0) is 13.4. The predicted molar refractivity (Wildman–Crippen MR) is 74.1 cm³/mol. The minimum absolute atomic E-state index is 0.120. The Hall–Kier alpha value is -1.39. The van der Waals surface area contributed by atoms with Crippen LogP contribution in [0.15, 0.2) is 18.2 Å². The average molecular weight is 260 g/mol. The molecule has 3 rings (SSSR count). The first-order chi connectivity index (χ1) is 9.16. The molecule has 1 aromatic rings. The molecule has 2 aliphatic rings. The van der Waals surface area contributed by atoms with Crippen LogP contribution in [0.3, 0.4) is 0 Å². The van der Waals surface area contributed by atoms with Crippen LogP contribution >= 0.6 is 0 Å². The average Bonchev–Trinajstić information content (AvgIpc) is 2.83. The lowest BCUT2D eigenvalue weighted by atomic mass is 9.96. The molecule has 0 aromatic heterocycles. The number of hydrogen-bond acceptors (Lipinski definition) is 3. The van der Waals surface area contributed by atoms with Gasteiger partial charge in [-0.1, -0.05) is 17.7 Å². The zero-order valence-corrected chi connectivity index (χ0v) is 11.3. The molecule has 1 aromatic carbocycles. The Labute approximate surface area is 113 Å². The third kappa shape index (κ3) is 2.26. The highest BCUT2D eigenvalue weighted by molar-refractivity contribution is 5.96. The van der Waals surface area contributed by atoms with E-state index in [0.29, 0.717) is 13.2 Å². The van der Waals surface area contributed by atoms with Gasteiger partial charge in [-0.25, -0.2) is 0 Å². The van der Waals surface area contributed by atoms with E-state index in [1.54, 1.807) is 0 Å². The summed E-state index contributed by atoms with van der Waals surface area (Å²) in [6, 6.07) is 6.14. The molecule has 1 amide bonds. The molecule has 1 saturated heterocycles. The maximum atomic E-state index is 12.6. The number of anilines is 1. The van der Waals surface area contributed by atoms with E-state index in [2.05, 4.69) is 25.1 Å². The van der Waals surface area contributed by atoms with Crippen LogP contribution in [-0.4, -0.2) is 31.7 Å². The van der Waals surface area contributed by atoms with Crippen molar-refractivity contribution >= 4 is 11.6 Å². The predicted octanol–water partition coefficient (Wildman–Crippen LogP) is 1.25. The highest BCUT2D eigenvalue weighted by atomic mass is 16.5. The Morgan fingerprint density at radius 1 is 1.42 bits per heavy atom. The van der Waals surface area contributed by atoms with Gasteiger partial charge in [0.25, 0.3) is 0 Å². The monoisotopic (exact) mass is 260 g/mol. The van der Waals surface area contributed by atoms with E-state index in [0.717, 1.165) is 25.1 Å². The van der Waals surface area contributed by atoms with E-state index in [-0.39, 0.29) is 17.9 Å². The van der Waals surface area contributed by atoms with Crippen molar-refractivity contribution in [2.24, 2.45) is 11.7 Å². The van der Waals surface area contributed by atoms with Gasteiger partial charge >= 0.3 is 0 Å². The first-order valence-corrected chi connectivity index (χ1v) is 6.91. The Morgan fingerprint density at radius 2 is 2.26 bits per heavy atom. The first-order valence-electron chi connectivity index (χ1n) is 6.91. The quantitative estimate of drug-likeness (QED) is 0.826. The summed E-state index contributed by atoms with van der Waals surface area (Å²) in [6.07, 6.45) is 2.07. The second-order valence-electron chi connectivity index (χ2n) is 5.53. The van der Waals surface area contributed by atoms with Crippen molar-refractivity contribution in [3.05, 3.63) is 29.3 Å². The number of benzene rings is 1. The molecule has 4 nitrogen and oxygen atoms in total. The molecule has 1 fully saturated rings. The van der Waals surface area contributed by atoms with Crippen LogP contribution in [0, 0.1) is 12.8 Å². The summed E-state index contributed by atoms with van der Waals surface area (Å²) in [7, 11) is 0. The van der Waals surface area contributed by atoms with Crippen molar-refractivity contribution in [3.63, 3.8) is 0 Å². The highest BCUT2D eigenvalue weighted by Gasteiger charge is 2.36. The summed E-state index contributed by atoms with van der Waals surface area (Å²) in [4.78, 5) is 14.5. The Bertz CT molecular complexity index is 501. The molecule has 4 heteroatoms. The van der Waals surface area contributed by atoms with Gasteiger partial charge in [0, 0.05) is 18.3 Å². The van der Waals surface area contributed by atoms with Crippen molar-refractivity contribution in [2.45, 2.75) is 25.8 Å². The summed E-state index contributed by atoms with van der Waals surface area (Å²) in [5.41, 5.74) is 9.53. The fourth-order valence-electron chi connectivity index (χ4n) is 2.98. The molecule has 2 heterocycles. The van der Waals surface area contributed by atoms with Gasteiger partial charge in [-0.05, 0) is 31.4 Å². The molecule has 102 valence electrons. The van der Waals surface area contributed by atoms with Crippen LogP contribution in [0.2, 0.25) is 0 Å². The van der Waals surface area contributed by atoms with Crippen molar-refractivity contribution in [1.29, 1.82) is 0 Å². The van der Waals surface area contributed by atoms with E-state index in [1.165, 1.54) is 11.1 Å². The molecule has 0 radical (unpaired) electrons. The number of rotatable bonds is 1. The lowest BCUT2D eigenvalue weighted by Crippen LogP contribution is -2.45. The molecule has 19 heavy (non-hydrogen) atoms. The third-order valence-corrected chi connectivity index (χ3v) is 4.06. The number of carbonyl (C=O) groups is 1. The number of aryl methyl sites for hydroxylation is 2. The van der Waals surface area contributed by atoms with E-state index in [4.69, 9.17) is 10.5 Å². The normalized spacial score (nSPS) is 26.3. The topological polar surface area (TPSA) is 55.6 Å². The lowest BCUT2D eigenvalue weighted by molar-refractivity contribution is -0.122. The van der Waals surface area contributed by atoms with Crippen LogP contribution < -0.4 is 10.6 Å². The summed E-state index contributed by atoms with van der Waals surface area (Å²) < 4.78 is 5.32. The molecule has 0 saturated carbocycles. The lowest BCUT2D eigenvalue weighted by Gasteiger charge is -2.32. The van der Waals surface area contributed by atoms with Gasteiger partial charge in [0.15, 0.2) is 0 Å². The number of hydrogen-bond donors (Lipinski definition) is 1. The van der Waals surface area contributed by atoms with Gasteiger partial charge in [0.05, 0.1) is 19.1 Å². The SMILES string of the molecule is Cc1ccc2c(c1)CCCN2C(=O)C1COCC1N. The minimum atomic E-state index is -0.188. The Kier molecular flexibility index (Phi) is 3.29. The molecule has 0 bridgehead atoms. The van der Waals surface area contributed by atoms with Gasteiger partial charge < -0.3 is 15.4 Å². The van der Waals surface area contributed by atoms with Crippen LogP contribution in [0.1, 0.15) is 17.5 Å². The third-order valence-electron chi connectivity index (χ3n) is 4.06. The summed E-state index contributed by atoms with van der Waals surface area (Å²) in [6.45, 7) is 3.82. The van der Waals surface area contributed by atoms with E-state index >= 15 is 0 Å². The van der Waals surface area contributed by atoms with Gasteiger partial charge in [-0.3, -0.25) is 4.79 Å². The molecule has 2 unspecified atom stereocenters. The molecule has 2 atom stereocenters. The van der Waals surface area contributed by atoms with Gasteiger partial charge in [-0.2, -0.15) is 0 Å². The number of ether oxygens (including phenoxy) is 1. The fraction of sp³-hybridized carbons (Fsp3) is 0.533. The Balaban J connectivity index is 1.89. The van der Waals surface area contributed by atoms with Crippen LogP contribution in [0.25, 0.3) is 0 Å². The van der Waals surface area contributed by atoms with Crippen LogP contribution in [0.4, 0.5) is 5.69 Å². The second-order valence-corrected chi connectivity index (χ2v) is 5.53. The van der Waals surface area contributed by atoms with Crippen molar-refractivity contribution < 1.29 is 9.53 Å². The zero-order valence-electron chi connectivity index (χ0n) is 11.3. The maximum Gasteiger partial charge on any atom is 0.234 e. The molecule has 2 aliphatic heterocycles. The highest BCUT2D eigenvalue weighted by Crippen LogP contribution is 2.30. The first kappa shape index (κ1) is 12.6. The van der Waals surface area contributed by atoms with Crippen LogP contribution in [-0.2, 0) is 16.0 Å². The minimum Gasteiger partial charge on any atom is -0.379 e. The number of nitrogens with zero attached hydrogens (tertiary/aromatic N) is 1. The second kappa shape index (κ2) is 4.94. The maximum absolute atomic E-state index is 12.6. The van der Waals surface area contributed by atoms with Crippen LogP contribution in [0.5, 0.6) is 0 Å². The molecule has 0 spiro atoms. The summed E-state index contributed by atoms with van der Waals surface area (Å²) >= 11 is 0. The summed E-state index contributed by atoms with van der Waals surface area (Å²) in [5.74, 6) is -0.0675. The van der Waals surface area contributed by atoms with E-state index < -0.39 is 0 Å². The summed E-state index contributed by atoms with van der Waals surface area (Å²) in [5, 5.41) is 0. The van der Waals surface area contributed by atoms with Crippen molar-refractivity contribution in [2.75, 3.05) is 24.7 Å². The number of carbonyl (C=O) groups excluding carboxylic acids is 1. The van der Waals surface area contributed by atoms with E-state index in [1.807, 2.05) is 4.90 Å². The molecule has 2 N–H and O–H groups in total. The number of amides is 1. The van der Waals surface area contributed by atoms with Gasteiger partial charge in [0.2, 0.25) is 5.91 Å². The molecular formula is C15H20N2O2. The molecule has 0 aliphatic carbocycles. The smallest absolute Gasteiger partial charge is 0.234 e. The standard InChI is InChI=1S/C15H20N2O2/c1-10-4-5-14-11(7-10)3-2-6-17(14)15(18)12-8-19-9-13(12)16/h4-5,7,12-13H,2-3,6,8-9,16H2,1H3. The van der Waals surface area contributed by atoms with Gasteiger partial charge in [-0.15, -0.1) is 0 Å². The fourth-order valence-corrected chi connectivity index (χ4v) is 2.98.